The largest absolute Gasteiger partial charge is 0.398 e. The van der Waals surface area contributed by atoms with Gasteiger partial charge in [0, 0.05) is 28.9 Å². The van der Waals surface area contributed by atoms with Crippen LogP contribution in [-0.4, -0.2) is 19.8 Å². The van der Waals surface area contributed by atoms with Crippen LogP contribution in [0.5, 0.6) is 0 Å². The summed E-state index contributed by atoms with van der Waals surface area (Å²) in [6.07, 6.45) is 2.21. The van der Waals surface area contributed by atoms with Crippen LogP contribution in [0, 0.1) is 5.92 Å². The Morgan fingerprint density at radius 1 is 1.35 bits per heavy atom. The predicted molar refractivity (Wildman–Crippen MR) is 71.8 cm³/mol. The van der Waals surface area contributed by atoms with E-state index in [2.05, 4.69) is 15.9 Å². The van der Waals surface area contributed by atoms with Crippen LogP contribution in [0.15, 0.2) is 22.7 Å². The molecule has 1 aromatic rings. The van der Waals surface area contributed by atoms with E-state index in [1.165, 1.54) is 0 Å². The van der Waals surface area contributed by atoms with Crippen LogP contribution in [0.4, 0.5) is 5.69 Å². The Bertz CT molecular complexity index is 344. The summed E-state index contributed by atoms with van der Waals surface area (Å²) < 4.78 is 12.1. The van der Waals surface area contributed by atoms with Gasteiger partial charge in [0.05, 0.1) is 13.2 Å². The molecule has 4 heteroatoms. The number of nitrogens with two attached hydrogens (primary N) is 1. The number of anilines is 1. The molecular formula is C13H18BrNO2. The first kappa shape index (κ1) is 12.9. The van der Waals surface area contributed by atoms with Gasteiger partial charge in [-0.25, -0.2) is 0 Å². The minimum Gasteiger partial charge on any atom is -0.398 e. The van der Waals surface area contributed by atoms with Gasteiger partial charge in [0.25, 0.3) is 0 Å². The molecule has 1 aliphatic heterocycles. The molecule has 2 rings (SSSR count). The van der Waals surface area contributed by atoms with Gasteiger partial charge >= 0.3 is 0 Å². The maximum absolute atomic E-state index is 5.91. The molecule has 0 saturated carbocycles. The lowest BCUT2D eigenvalue weighted by Gasteiger charge is -2.22. The number of halogens is 1. The molecule has 0 radical (unpaired) electrons. The van der Waals surface area contributed by atoms with E-state index in [4.69, 9.17) is 15.2 Å². The molecule has 0 spiro atoms. The van der Waals surface area contributed by atoms with Gasteiger partial charge in [-0.3, -0.25) is 0 Å². The van der Waals surface area contributed by atoms with Gasteiger partial charge in [0.15, 0.2) is 0 Å². The molecule has 1 aliphatic rings. The average molecular weight is 300 g/mol. The zero-order chi connectivity index (χ0) is 12.1. The number of benzene rings is 1. The van der Waals surface area contributed by atoms with Crippen LogP contribution in [0.1, 0.15) is 18.4 Å². The van der Waals surface area contributed by atoms with Crippen LogP contribution in [0.2, 0.25) is 0 Å². The van der Waals surface area contributed by atoms with Gasteiger partial charge in [-0.1, -0.05) is 22.0 Å². The molecule has 0 aliphatic carbocycles. The number of nitrogen functional groups attached to an aromatic ring is 1. The Morgan fingerprint density at radius 3 is 2.82 bits per heavy atom. The van der Waals surface area contributed by atoms with Crippen LogP contribution >= 0.6 is 15.9 Å². The fourth-order valence-corrected chi connectivity index (χ4v) is 2.46. The Kier molecular flexibility index (Phi) is 4.83. The van der Waals surface area contributed by atoms with Gasteiger partial charge in [-0.05, 0) is 30.9 Å². The molecule has 1 aromatic carbocycles. The first-order chi connectivity index (χ1) is 8.27. The van der Waals surface area contributed by atoms with E-state index in [1.54, 1.807) is 0 Å². The third-order valence-corrected chi connectivity index (χ3v) is 3.84. The Hall–Kier alpha value is -0.580. The highest BCUT2D eigenvalue weighted by molar-refractivity contribution is 9.10. The zero-order valence-electron chi connectivity index (χ0n) is 9.82. The maximum atomic E-state index is 5.91. The summed E-state index contributed by atoms with van der Waals surface area (Å²) in [5, 5.41) is 0. The van der Waals surface area contributed by atoms with Crippen molar-refractivity contribution < 1.29 is 9.47 Å². The maximum Gasteiger partial charge on any atom is 0.0748 e. The zero-order valence-corrected chi connectivity index (χ0v) is 11.4. The van der Waals surface area contributed by atoms with Crippen LogP contribution < -0.4 is 5.73 Å². The van der Waals surface area contributed by atoms with E-state index >= 15 is 0 Å². The Labute approximate surface area is 110 Å². The number of rotatable bonds is 4. The van der Waals surface area contributed by atoms with E-state index < -0.39 is 0 Å². The van der Waals surface area contributed by atoms with Gasteiger partial charge in [-0.2, -0.15) is 0 Å². The molecule has 0 amide bonds. The minimum atomic E-state index is 0.574. The number of ether oxygens (including phenoxy) is 2. The molecule has 3 nitrogen and oxygen atoms in total. The second-order valence-corrected chi connectivity index (χ2v) is 5.23. The average Bonchev–Trinajstić information content (AvgIpc) is 2.34. The standard InChI is InChI=1S/C13H18BrNO2/c14-12-2-1-3-13(15)11(12)9-17-8-10-4-6-16-7-5-10/h1-3,10H,4-9,15H2. The summed E-state index contributed by atoms with van der Waals surface area (Å²) >= 11 is 3.49. The molecule has 94 valence electrons. The van der Waals surface area contributed by atoms with E-state index in [-0.39, 0.29) is 0 Å². The lowest BCUT2D eigenvalue weighted by Crippen LogP contribution is -2.20. The quantitative estimate of drug-likeness (QED) is 0.869. The summed E-state index contributed by atoms with van der Waals surface area (Å²) in [6.45, 7) is 3.10. The van der Waals surface area contributed by atoms with Crippen molar-refractivity contribution in [3.63, 3.8) is 0 Å². The molecule has 0 unspecified atom stereocenters. The molecule has 2 N–H and O–H groups in total. The summed E-state index contributed by atoms with van der Waals surface area (Å²) in [7, 11) is 0. The summed E-state index contributed by atoms with van der Waals surface area (Å²) in [5.74, 6) is 0.632. The smallest absolute Gasteiger partial charge is 0.0748 e. The summed E-state index contributed by atoms with van der Waals surface area (Å²) in [5.41, 5.74) is 7.74. The normalized spacial score (nSPS) is 17.2. The third kappa shape index (κ3) is 3.69. The predicted octanol–water partition coefficient (Wildman–Crippen LogP) is 2.97. The second-order valence-electron chi connectivity index (χ2n) is 4.38. The van der Waals surface area contributed by atoms with E-state index in [0.717, 1.165) is 48.4 Å². The highest BCUT2D eigenvalue weighted by Crippen LogP contribution is 2.24. The monoisotopic (exact) mass is 299 g/mol. The topological polar surface area (TPSA) is 44.5 Å². The van der Waals surface area contributed by atoms with Crippen LogP contribution in [-0.2, 0) is 16.1 Å². The first-order valence-corrected chi connectivity index (χ1v) is 6.75. The van der Waals surface area contributed by atoms with Crippen molar-refractivity contribution >= 4 is 21.6 Å². The second kappa shape index (κ2) is 6.38. The molecule has 1 fully saturated rings. The van der Waals surface area contributed by atoms with Crippen molar-refractivity contribution in [2.75, 3.05) is 25.6 Å². The van der Waals surface area contributed by atoms with Crippen LogP contribution in [0.3, 0.4) is 0 Å². The van der Waals surface area contributed by atoms with Gasteiger partial charge in [0.1, 0.15) is 0 Å². The molecular weight excluding hydrogens is 282 g/mol. The van der Waals surface area contributed by atoms with Crippen molar-refractivity contribution in [2.45, 2.75) is 19.4 Å². The molecule has 0 aromatic heterocycles. The van der Waals surface area contributed by atoms with Gasteiger partial charge < -0.3 is 15.2 Å². The Morgan fingerprint density at radius 2 is 2.12 bits per heavy atom. The molecule has 1 saturated heterocycles. The fraction of sp³-hybridized carbons (Fsp3) is 0.538. The van der Waals surface area contributed by atoms with Crippen molar-refractivity contribution in [1.82, 2.24) is 0 Å². The highest BCUT2D eigenvalue weighted by Gasteiger charge is 2.14. The summed E-state index contributed by atoms with van der Waals surface area (Å²) in [4.78, 5) is 0. The van der Waals surface area contributed by atoms with E-state index in [1.807, 2.05) is 18.2 Å². The molecule has 1 heterocycles. The summed E-state index contributed by atoms with van der Waals surface area (Å²) in [6, 6.07) is 5.82. The SMILES string of the molecule is Nc1cccc(Br)c1COCC1CCOCC1. The van der Waals surface area contributed by atoms with Crippen molar-refractivity contribution in [2.24, 2.45) is 5.92 Å². The first-order valence-electron chi connectivity index (χ1n) is 5.95. The Balaban J connectivity index is 1.81. The molecule has 0 atom stereocenters. The lowest BCUT2D eigenvalue weighted by atomic mass is 10.0. The fourth-order valence-electron chi connectivity index (χ4n) is 1.97. The highest BCUT2D eigenvalue weighted by atomic mass is 79.9. The third-order valence-electron chi connectivity index (χ3n) is 3.10. The van der Waals surface area contributed by atoms with Gasteiger partial charge in [0.2, 0.25) is 0 Å². The van der Waals surface area contributed by atoms with Crippen molar-refractivity contribution in [3.05, 3.63) is 28.2 Å². The van der Waals surface area contributed by atoms with Crippen molar-refractivity contribution in [1.29, 1.82) is 0 Å². The lowest BCUT2D eigenvalue weighted by molar-refractivity contribution is 0.0157. The van der Waals surface area contributed by atoms with Crippen LogP contribution in [0.25, 0.3) is 0 Å². The minimum absolute atomic E-state index is 0.574. The van der Waals surface area contributed by atoms with E-state index in [9.17, 15) is 0 Å². The number of hydrogen-bond acceptors (Lipinski definition) is 3. The number of hydrogen-bond donors (Lipinski definition) is 1. The van der Waals surface area contributed by atoms with E-state index in [0.29, 0.717) is 12.5 Å². The van der Waals surface area contributed by atoms with Crippen molar-refractivity contribution in [3.8, 4) is 0 Å². The van der Waals surface area contributed by atoms with Gasteiger partial charge in [-0.15, -0.1) is 0 Å². The molecule has 17 heavy (non-hydrogen) atoms. The molecule has 0 bridgehead atoms.